The first-order chi connectivity index (χ1) is 7.51. The van der Waals surface area contributed by atoms with E-state index >= 15 is 0 Å². The molecule has 0 radical (unpaired) electrons. The summed E-state index contributed by atoms with van der Waals surface area (Å²) in [5.41, 5.74) is 0.962. The molecule has 0 spiro atoms. The number of hydrogen-bond acceptors (Lipinski definition) is 4. The molecule has 4 heteroatoms. The zero-order chi connectivity index (χ0) is 12.6. The zero-order valence-corrected chi connectivity index (χ0v) is 10.4. The van der Waals surface area contributed by atoms with Crippen LogP contribution in [0.3, 0.4) is 0 Å². The molecule has 1 atom stereocenters. The Bertz CT molecular complexity index is 268. The highest BCUT2D eigenvalue weighted by Crippen LogP contribution is 2.13. The summed E-state index contributed by atoms with van der Waals surface area (Å²) in [5, 5.41) is 0. The first-order valence-electron chi connectivity index (χ1n) is 5.34. The third-order valence-electron chi connectivity index (χ3n) is 2.38. The lowest BCUT2D eigenvalue weighted by Crippen LogP contribution is -2.12. The highest BCUT2D eigenvalue weighted by Gasteiger charge is 2.12. The van der Waals surface area contributed by atoms with E-state index in [2.05, 4.69) is 9.47 Å². The van der Waals surface area contributed by atoms with Crippen LogP contribution in [0.2, 0.25) is 0 Å². The molecule has 0 aliphatic carbocycles. The van der Waals surface area contributed by atoms with Crippen molar-refractivity contribution >= 4 is 11.9 Å². The predicted octanol–water partition coefficient (Wildman–Crippen LogP) is 2.09. The molecule has 0 aliphatic rings. The van der Waals surface area contributed by atoms with Gasteiger partial charge in [-0.1, -0.05) is 12.5 Å². The summed E-state index contributed by atoms with van der Waals surface area (Å²) in [5.74, 6) is -0.607. The van der Waals surface area contributed by atoms with Gasteiger partial charge < -0.3 is 9.47 Å². The summed E-state index contributed by atoms with van der Waals surface area (Å²) in [7, 11) is 2.74. The fraction of sp³-hybridized carbons (Fsp3) is 0.667. The SMILES string of the molecule is COC(=O)/C=C(\C)CCCC(C)C(=O)OC. The van der Waals surface area contributed by atoms with E-state index in [0.29, 0.717) is 0 Å². The van der Waals surface area contributed by atoms with Crippen LogP contribution in [0.4, 0.5) is 0 Å². The second-order valence-corrected chi connectivity index (χ2v) is 3.83. The minimum absolute atomic E-state index is 0.0871. The molecule has 0 aromatic rings. The van der Waals surface area contributed by atoms with Gasteiger partial charge in [-0.3, -0.25) is 4.79 Å². The molecule has 0 rings (SSSR count). The van der Waals surface area contributed by atoms with Gasteiger partial charge in [-0.15, -0.1) is 0 Å². The third-order valence-corrected chi connectivity index (χ3v) is 2.38. The Morgan fingerprint density at radius 3 is 2.38 bits per heavy atom. The molecule has 0 aromatic carbocycles. The van der Waals surface area contributed by atoms with Gasteiger partial charge in [0.15, 0.2) is 0 Å². The van der Waals surface area contributed by atoms with Gasteiger partial charge in [0, 0.05) is 6.08 Å². The maximum absolute atomic E-state index is 11.1. The number of allylic oxidation sites excluding steroid dienone is 1. The maximum atomic E-state index is 11.1. The lowest BCUT2D eigenvalue weighted by Gasteiger charge is -2.08. The second kappa shape index (κ2) is 7.91. The quantitative estimate of drug-likeness (QED) is 0.516. The first-order valence-corrected chi connectivity index (χ1v) is 5.34. The van der Waals surface area contributed by atoms with Crippen LogP contribution in [0.5, 0.6) is 0 Å². The number of ether oxygens (including phenoxy) is 2. The highest BCUT2D eigenvalue weighted by molar-refractivity contribution is 5.82. The van der Waals surface area contributed by atoms with Crippen LogP contribution in [-0.4, -0.2) is 26.2 Å². The smallest absolute Gasteiger partial charge is 0.330 e. The van der Waals surface area contributed by atoms with Crippen molar-refractivity contribution in [2.24, 2.45) is 5.92 Å². The Kier molecular flexibility index (Phi) is 7.25. The van der Waals surface area contributed by atoms with E-state index in [9.17, 15) is 9.59 Å². The second-order valence-electron chi connectivity index (χ2n) is 3.83. The van der Waals surface area contributed by atoms with E-state index in [1.165, 1.54) is 20.3 Å². The highest BCUT2D eigenvalue weighted by atomic mass is 16.5. The number of hydrogen-bond donors (Lipinski definition) is 0. The monoisotopic (exact) mass is 228 g/mol. The van der Waals surface area contributed by atoms with Crippen molar-refractivity contribution in [3.05, 3.63) is 11.6 Å². The summed E-state index contributed by atoms with van der Waals surface area (Å²) < 4.78 is 9.14. The Morgan fingerprint density at radius 1 is 1.25 bits per heavy atom. The average molecular weight is 228 g/mol. The Labute approximate surface area is 96.6 Å². The van der Waals surface area contributed by atoms with Gasteiger partial charge in [0.2, 0.25) is 0 Å². The first kappa shape index (κ1) is 14.7. The molecule has 16 heavy (non-hydrogen) atoms. The summed E-state index contributed by atoms with van der Waals surface area (Å²) >= 11 is 0. The summed E-state index contributed by atoms with van der Waals surface area (Å²) in [6.45, 7) is 3.71. The lowest BCUT2D eigenvalue weighted by atomic mass is 10.0. The molecule has 0 amide bonds. The Balaban J connectivity index is 3.86. The van der Waals surface area contributed by atoms with E-state index < -0.39 is 0 Å². The van der Waals surface area contributed by atoms with Crippen molar-refractivity contribution < 1.29 is 19.1 Å². The number of carbonyl (C=O) groups excluding carboxylic acids is 2. The molecule has 0 aliphatic heterocycles. The predicted molar refractivity (Wildman–Crippen MR) is 60.8 cm³/mol. The Hall–Kier alpha value is -1.32. The number of esters is 2. The van der Waals surface area contributed by atoms with E-state index in [-0.39, 0.29) is 17.9 Å². The van der Waals surface area contributed by atoms with Gasteiger partial charge in [0.25, 0.3) is 0 Å². The number of carbonyl (C=O) groups is 2. The topological polar surface area (TPSA) is 52.6 Å². The van der Waals surface area contributed by atoms with Gasteiger partial charge in [0.1, 0.15) is 0 Å². The minimum Gasteiger partial charge on any atom is -0.469 e. The van der Waals surface area contributed by atoms with Crippen LogP contribution < -0.4 is 0 Å². The largest absolute Gasteiger partial charge is 0.469 e. The van der Waals surface area contributed by atoms with Gasteiger partial charge in [-0.05, 0) is 26.2 Å². The summed E-state index contributed by atoms with van der Waals surface area (Å²) in [6.07, 6.45) is 3.88. The standard InChI is InChI=1S/C12H20O4/c1-9(8-11(13)15-3)6-5-7-10(2)12(14)16-4/h8,10H,5-7H2,1-4H3/b9-8+. The van der Waals surface area contributed by atoms with Gasteiger partial charge in [0.05, 0.1) is 20.1 Å². The molecule has 92 valence electrons. The van der Waals surface area contributed by atoms with Gasteiger partial charge in [-0.2, -0.15) is 0 Å². The van der Waals surface area contributed by atoms with Crippen molar-refractivity contribution in [1.29, 1.82) is 0 Å². The van der Waals surface area contributed by atoms with Crippen LogP contribution in [0, 0.1) is 5.92 Å². The number of rotatable bonds is 6. The van der Waals surface area contributed by atoms with Crippen LogP contribution >= 0.6 is 0 Å². The molecule has 0 heterocycles. The fourth-order valence-electron chi connectivity index (χ4n) is 1.34. The van der Waals surface area contributed by atoms with E-state index in [1.54, 1.807) is 0 Å². The molecule has 0 saturated heterocycles. The van der Waals surface area contributed by atoms with Crippen LogP contribution in [0.1, 0.15) is 33.1 Å². The molecular weight excluding hydrogens is 208 g/mol. The van der Waals surface area contributed by atoms with Crippen LogP contribution in [0.25, 0.3) is 0 Å². The van der Waals surface area contributed by atoms with Crippen molar-refractivity contribution in [2.75, 3.05) is 14.2 Å². The van der Waals surface area contributed by atoms with Crippen molar-refractivity contribution in [1.82, 2.24) is 0 Å². The molecular formula is C12H20O4. The van der Waals surface area contributed by atoms with Crippen molar-refractivity contribution in [2.45, 2.75) is 33.1 Å². The van der Waals surface area contributed by atoms with E-state index in [0.717, 1.165) is 24.8 Å². The van der Waals surface area contributed by atoms with E-state index in [1.807, 2.05) is 13.8 Å². The van der Waals surface area contributed by atoms with E-state index in [4.69, 9.17) is 0 Å². The Morgan fingerprint density at radius 2 is 1.88 bits per heavy atom. The number of methoxy groups -OCH3 is 2. The summed E-state index contributed by atoms with van der Waals surface area (Å²) in [4.78, 5) is 22.0. The van der Waals surface area contributed by atoms with Gasteiger partial charge >= 0.3 is 11.9 Å². The molecule has 0 saturated carbocycles. The minimum atomic E-state index is -0.335. The van der Waals surface area contributed by atoms with Crippen molar-refractivity contribution in [3.8, 4) is 0 Å². The fourth-order valence-corrected chi connectivity index (χ4v) is 1.34. The molecule has 0 N–H and O–H groups in total. The third kappa shape index (κ3) is 6.22. The lowest BCUT2D eigenvalue weighted by molar-refractivity contribution is -0.145. The zero-order valence-electron chi connectivity index (χ0n) is 10.4. The molecule has 0 aromatic heterocycles. The normalized spacial score (nSPS) is 13.1. The molecule has 4 nitrogen and oxygen atoms in total. The maximum Gasteiger partial charge on any atom is 0.330 e. The average Bonchev–Trinajstić information content (AvgIpc) is 2.27. The van der Waals surface area contributed by atoms with Crippen LogP contribution in [-0.2, 0) is 19.1 Å². The van der Waals surface area contributed by atoms with Gasteiger partial charge in [-0.25, -0.2) is 4.79 Å². The molecule has 1 unspecified atom stereocenters. The van der Waals surface area contributed by atoms with Crippen LogP contribution in [0.15, 0.2) is 11.6 Å². The molecule has 0 fully saturated rings. The summed E-state index contributed by atoms with van der Waals surface area (Å²) in [6, 6.07) is 0. The van der Waals surface area contributed by atoms with Crippen molar-refractivity contribution in [3.63, 3.8) is 0 Å². The molecule has 0 bridgehead atoms.